The molecule has 0 radical (unpaired) electrons. The van der Waals surface area contributed by atoms with Crippen LogP contribution in [0.4, 0.5) is 23.1 Å². The van der Waals surface area contributed by atoms with Gasteiger partial charge in [-0.1, -0.05) is 32.0 Å². The minimum atomic E-state index is 0.461. The van der Waals surface area contributed by atoms with E-state index in [0.29, 0.717) is 17.7 Å². The predicted molar refractivity (Wildman–Crippen MR) is 111 cm³/mol. The predicted octanol–water partition coefficient (Wildman–Crippen LogP) is 6.61. The van der Waals surface area contributed by atoms with E-state index in [1.807, 2.05) is 36.4 Å². The van der Waals surface area contributed by atoms with Gasteiger partial charge in [0.2, 0.25) is 5.95 Å². The molecule has 0 aliphatic rings. The first-order valence-corrected chi connectivity index (χ1v) is 9.52. The van der Waals surface area contributed by atoms with Crippen molar-refractivity contribution in [3.05, 3.63) is 69.2 Å². The minimum Gasteiger partial charge on any atom is -0.338 e. The number of anilines is 4. The molecule has 0 saturated carbocycles. The highest BCUT2D eigenvalue weighted by atomic mass is 79.9. The van der Waals surface area contributed by atoms with Crippen LogP contribution in [0.3, 0.4) is 0 Å². The van der Waals surface area contributed by atoms with Crippen molar-refractivity contribution in [1.82, 2.24) is 9.97 Å². The number of hydrogen-bond acceptors (Lipinski definition) is 4. The van der Waals surface area contributed by atoms with E-state index in [-0.39, 0.29) is 0 Å². The van der Waals surface area contributed by atoms with Gasteiger partial charge in [0.15, 0.2) is 0 Å². The summed E-state index contributed by atoms with van der Waals surface area (Å²) in [7, 11) is 0. The third-order valence-electron chi connectivity index (χ3n) is 3.67. The van der Waals surface area contributed by atoms with E-state index in [1.54, 1.807) is 6.20 Å². The summed E-state index contributed by atoms with van der Waals surface area (Å²) < 4.78 is 1.98. The van der Waals surface area contributed by atoms with E-state index < -0.39 is 0 Å². The molecule has 2 N–H and O–H groups in total. The van der Waals surface area contributed by atoms with E-state index in [0.717, 1.165) is 20.3 Å². The zero-order valence-electron chi connectivity index (χ0n) is 13.9. The van der Waals surface area contributed by atoms with Gasteiger partial charge >= 0.3 is 0 Å². The fourth-order valence-electron chi connectivity index (χ4n) is 2.31. The molecule has 0 bridgehead atoms. The summed E-state index contributed by atoms with van der Waals surface area (Å²) in [5.41, 5.74) is 3.15. The summed E-state index contributed by atoms with van der Waals surface area (Å²) >= 11 is 7.29. The van der Waals surface area contributed by atoms with Crippen molar-refractivity contribution in [3.8, 4) is 0 Å². The van der Waals surface area contributed by atoms with Crippen LogP contribution in [0.25, 0.3) is 0 Å². The van der Waals surface area contributed by atoms with Gasteiger partial charge in [0, 0.05) is 20.8 Å². The molecule has 0 spiro atoms. The molecule has 4 nitrogen and oxygen atoms in total. The van der Waals surface area contributed by atoms with Gasteiger partial charge in [0.25, 0.3) is 0 Å². The molecule has 128 valence electrons. The molecular formula is C19H18Br2N4. The third kappa shape index (κ3) is 4.58. The number of nitrogens with one attached hydrogen (secondary N) is 2. The third-order valence-corrected chi connectivity index (χ3v) is 4.92. The molecule has 0 unspecified atom stereocenters. The van der Waals surface area contributed by atoms with Gasteiger partial charge < -0.3 is 10.6 Å². The zero-order valence-corrected chi connectivity index (χ0v) is 17.1. The summed E-state index contributed by atoms with van der Waals surface area (Å²) in [6, 6.07) is 15.9. The maximum atomic E-state index is 4.53. The summed E-state index contributed by atoms with van der Waals surface area (Å²) in [5.74, 6) is 1.72. The normalized spacial score (nSPS) is 10.8. The molecule has 0 amide bonds. The van der Waals surface area contributed by atoms with E-state index in [9.17, 15) is 0 Å². The van der Waals surface area contributed by atoms with Crippen LogP contribution in [0, 0.1) is 0 Å². The molecule has 1 aromatic heterocycles. The number of para-hydroxylation sites is 1. The number of hydrogen-bond donors (Lipinski definition) is 2. The molecule has 2 aromatic carbocycles. The fourth-order valence-corrected chi connectivity index (χ4v) is 3.73. The fraction of sp³-hybridized carbons (Fsp3) is 0.158. The molecule has 1 heterocycles. The van der Waals surface area contributed by atoms with Gasteiger partial charge in [-0.25, -0.2) is 4.98 Å². The maximum Gasteiger partial charge on any atom is 0.229 e. The van der Waals surface area contributed by atoms with Crippen LogP contribution in [0.2, 0.25) is 0 Å². The number of benzene rings is 2. The summed E-state index contributed by atoms with van der Waals surface area (Å²) in [6.07, 6.45) is 1.73. The molecule has 25 heavy (non-hydrogen) atoms. The Labute approximate surface area is 164 Å². The number of rotatable bonds is 5. The van der Waals surface area contributed by atoms with Crippen molar-refractivity contribution in [2.45, 2.75) is 19.8 Å². The topological polar surface area (TPSA) is 49.8 Å². The lowest BCUT2D eigenvalue weighted by molar-refractivity contribution is 0.865. The van der Waals surface area contributed by atoms with Gasteiger partial charge in [0.05, 0.1) is 5.69 Å². The van der Waals surface area contributed by atoms with Crippen molar-refractivity contribution in [2.24, 2.45) is 0 Å². The van der Waals surface area contributed by atoms with Crippen molar-refractivity contribution < 1.29 is 0 Å². The van der Waals surface area contributed by atoms with Crippen LogP contribution >= 0.6 is 31.9 Å². The molecular weight excluding hydrogens is 444 g/mol. The lowest BCUT2D eigenvalue weighted by Gasteiger charge is -2.14. The molecule has 0 aliphatic carbocycles. The second-order valence-corrected chi connectivity index (χ2v) is 7.60. The first-order chi connectivity index (χ1) is 12.0. The molecule has 3 aromatic rings. The Bertz CT molecular complexity index is 843. The van der Waals surface area contributed by atoms with Gasteiger partial charge in [-0.2, -0.15) is 4.98 Å². The van der Waals surface area contributed by atoms with Crippen molar-refractivity contribution in [3.63, 3.8) is 0 Å². The average Bonchev–Trinajstić information content (AvgIpc) is 2.59. The molecule has 0 atom stereocenters. The van der Waals surface area contributed by atoms with Gasteiger partial charge in [-0.15, -0.1) is 0 Å². The second-order valence-electron chi connectivity index (χ2n) is 5.90. The van der Waals surface area contributed by atoms with Crippen LogP contribution in [-0.4, -0.2) is 9.97 Å². The number of aromatic nitrogens is 2. The van der Waals surface area contributed by atoms with Crippen LogP contribution in [0.15, 0.2) is 63.7 Å². The van der Waals surface area contributed by atoms with Crippen LogP contribution < -0.4 is 10.6 Å². The van der Waals surface area contributed by atoms with Crippen LogP contribution in [-0.2, 0) is 0 Å². The molecule has 0 fully saturated rings. The first-order valence-electron chi connectivity index (χ1n) is 7.94. The van der Waals surface area contributed by atoms with Crippen LogP contribution in [0.5, 0.6) is 0 Å². The quantitative estimate of drug-likeness (QED) is 0.448. The van der Waals surface area contributed by atoms with E-state index >= 15 is 0 Å². The molecule has 0 aliphatic heterocycles. The Kier molecular flexibility index (Phi) is 5.71. The van der Waals surface area contributed by atoms with Gasteiger partial charge in [-0.05, 0) is 73.7 Å². The minimum absolute atomic E-state index is 0.461. The monoisotopic (exact) mass is 460 g/mol. The lowest BCUT2D eigenvalue weighted by Crippen LogP contribution is -2.01. The van der Waals surface area contributed by atoms with Crippen molar-refractivity contribution in [2.75, 3.05) is 10.6 Å². The van der Waals surface area contributed by atoms with E-state index in [4.69, 9.17) is 0 Å². The highest BCUT2D eigenvalue weighted by molar-refractivity contribution is 9.11. The summed E-state index contributed by atoms with van der Waals surface area (Å²) in [4.78, 5) is 8.80. The SMILES string of the molecule is CC(C)c1cc(Br)c(Nc2ccnc(Nc3ccccc3)n2)c(Br)c1. The van der Waals surface area contributed by atoms with E-state index in [2.05, 4.69) is 78.4 Å². The van der Waals surface area contributed by atoms with Crippen LogP contribution in [0.1, 0.15) is 25.3 Å². The largest absolute Gasteiger partial charge is 0.338 e. The maximum absolute atomic E-state index is 4.53. The van der Waals surface area contributed by atoms with E-state index in [1.165, 1.54) is 5.56 Å². The summed E-state index contributed by atoms with van der Waals surface area (Å²) in [5, 5.41) is 6.55. The molecule has 3 rings (SSSR count). The Balaban J connectivity index is 1.83. The highest BCUT2D eigenvalue weighted by Crippen LogP contribution is 2.36. The molecule has 0 saturated heterocycles. The Morgan fingerprint density at radius 2 is 1.60 bits per heavy atom. The molecule has 6 heteroatoms. The van der Waals surface area contributed by atoms with Crippen molar-refractivity contribution in [1.29, 1.82) is 0 Å². The average molecular weight is 462 g/mol. The number of nitrogens with zero attached hydrogens (tertiary/aromatic N) is 2. The highest BCUT2D eigenvalue weighted by Gasteiger charge is 2.11. The lowest BCUT2D eigenvalue weighted by atomic mass is 10.0. The van der Waals surface area contributed by atoms with Gasteiger partial charge in [-0.3, -0.25) is 0 Å². The Hall–Kier alpha value is -1.92. The van der Waals surface area contributed by atoms with Crippen molar-refractivity contribution >= 4 is 55.0 Å². The summed E-state index contributed by atoms with van der Waals surface area (Å²) in [6.45, 7) is 4.35. The standard InChI is InChI=1S/C19H18Br2N4/c1-12(2)13-10-15(20)18(16(21)11-13)24-17-8-9-22-19(25-17)23-14-6-4-3-5-7-14/h3-12H,1-2H3,(H2,22,23,24,25). The zero-order chi connectivity index (χ0) is 17.8. The first kappa shape index (κ1) is 17.9. The Morgan fingerprint density at radius 1 is 0.920 bits per heavy atom. The number of halogens is 2. The Morgan fingerprint density at radius 3 is 2.24 bits per heavy atom. The second kappa shape index (κ2) is 7.97. The van der Waals surface area contributed by atoms with Gasteiger partial charge in [0.1, 0.15) is 5.82 Å². The smallest absolute Gasteiger partial charge is 0.229 e.